The van der Waals surface area contributed by atoms with Crippen LogP contribution in [0.4, 0.5) is 0 Å². The monoisotopic (exact) mass is 240 g/mol. The highest BCUT2D eigenvalue weighted by atomic mass is 32.1. The normalized spacial score (nSPS) is 21.2. The van der Waals surface area contributed by atoms with Crippen molar-refractivity contribution >= 4 is 11.3 Å². The van der Waals surface area contributed by atoms with Gasteiger partial charge in [-0.05, 0) is 14.0 Å². The first-order chi connectivity index (χ1) is 7.65. The van der Waals surface area contributed by atoms with Crippen LogP contribution in [0.5, 0.6) is 0 Å². The van der Waals surface area contributed by atoms with Crippen molar-refractivity contribution in [3.63, 3.8) is 0 Å². The number of aromatic nitrogens is 1. The SMILES string of the molecule is CC(N)c1csc(CN2CCN(C)CC2)n1. The molecule has 1 aliphatic rings. The molecule has 16 heavy (non-hydrogen) atoms. The largest absolute Gasteiger partial charge is 0.323 e. The molecule has 4 nitrogen and oxygen atoms in total. The summed E-state index contributed by atoms with van der Waals surface area (Å²) in [4.78, 5) is 9.39. The fourth-order valence-corrected chi connectivity index (χ4v) is 2.74. The minimum absolute atomic E-state index is 0.0532. The Labute approximate surface area is 101 Å². The molecule has 0 saturated carbocycles. The van der Waals surface area contributed by atoms with Crippen LogP contribution in [0.15, 0.2) is 5.38 Å². The molecule has 1 aliphatic heterocycles. The van der Waals surface area contributed by atoms with Gasteiger partial charge in [-0.25, -0.2) is 4.98 Å². The Morgan fingerprint density at radius 1 is 1.44 bits per heavy atom. The third kappa shape index (κ3) is 3.01. The second-order valence-electron chi connectivity index (χ2n) is 4.53. The fraction of sp³-hybridized carbons (Fsp3) is 0.727. The summed E-state index contributed by atoms with van der Waals surface area (Å²) in [5, 5.41) is 3.27. The van der Waals surface area contributed by atoms with Crippen molar-refractivity contribution in [3.05, 3.63) is 16.1 Å². The molecular weight excluding hydrogens is 220 g/mol. The zero-order chi connectivity index (χ0) is 11.5. The average Bonchev–Trinajstić information content (AvgIpc) is 2.70. The molecule has 2 N–H and O–H groups in total. The molecule has 0 spiro atoms. The molecule has 0 aromatic carbocycles. The summed E-state index contributed by atoms with van der Waals surface area (Å²) in [6.45, 7) is 7.56. The molecule has 0 amide bonds. The second kappa shape index (κ2) is 5.23. The summed E-state index contributed by atoms with van der Waals surface area (Å²) < 4.78 is 0. The van der Waals surface area contributed by atoms with Crippen molar-refractivity contribution in [1.29, 1.82) is 0 Å². The molecule has 2 heterocycles. The van der Waals surface area contributed by atoms with Crippen LogP contribution in [-0.2, 0) is 6.54 Å². The Balaban J connectivity index is 1.88. The Hall–Kier alpha value is -0.490. The first-order valence-corrected chi connectivity index (χ1v) is 6.64. The molecule has 5 heteroatoms. The van der Waals surface area contributed by atoms with E-state index in [-0.39, 0.29) is 6.04 Å². The van der Waals surface area contributed by atoms with Crippen molar-refractivity contribution in [2.24, 2.45) is 5.73 Å². The van der Waals surface area contributed by atoms with E-state index >= 15 is 0 Å². The molecule has 90 valence electrons. The minimum atomic E-state index is 0.0532. The number of likely N-dealkylation sites (N-methyl/N-ethyl adjacent to an activating group) is 1. The van der Waals surface area contributed by atoms with Gasteiger partial charge in [-0.2, -0.15) is 0 Å². The van der Waals surface area contributed by atoms with Crippen LogP contribution < -0.4 is 5.73 Å². The number of nitrogens with zero attached hydrogens (tertiary/aromatic N) is 3. The number of rotatable bonds is 3. The van der Waals surface area contributed by atoms with Gasteiger partial charge in [-0.1, -0.05) is 0 Å². The van der Waals surface area contributed by atoms with Gasteiger partial charge in [0.05, 0.1) is 12.2 Å². The van der Waals surface area contributed by atoms with Crippen molar-refractivity contribution in [2.45, 2.75) is 19.5 Å². The summed E-state index contributed by atoms with van der Waals surface area (Å²) in [6.07, 6.45) is 0. The summed E-state index contributed by atoms with van der Waals surface area (Å²) in [5.74, 6) is 0. The number of thiazole rings is 1. The first-order valence-electron chi connectivity index (χ1n) is 5.76. The molecule has 0 radical (unpaired) electrons. The lowest BCUT2D eigenvalue weighted by atomic mass is 10.3. The molecule has 1 atom stereocenters. The molecule has 1 aromatic heterocycles. The molecule has 1 unspecified atom stereocenters. The molecule has 1 aromatic rings. The Kier molecular flexibility index (Phi) is 3.91. The van der Waals surface area contributed by atoms with Gasteiger partial charge in [0.25, 0.3) is 0 Å². The zero-order valence-electron chi connectivity index (χ0n) is 10.0. The van der Waals surface area contributed by atoms with Crippen molar-refractivity contribution in [3.8, 4) is 0 Å². The van der Waals surface area contributed by atoms with E-state index in [1.54, 1.807) is 11.3 Å². The van der Waals surface area contributed by atoms with E-state index in [1.807, 2.05) is 6.92 Å². The van der Waals surface area contributed by atoms with E-state index in [2.05, 4.69) is 27.2 Å². The minimum Gasteiger partial charge on any atom is -0.323 e. The van der Waals surface area contributed by atoms with Gasteiger partial charge < -0.3 is 10.6 Å². The van der Waals surface area contributed by atoms with Crippen LogP contribution in [0, 0.1) is 0 Å². The van der Waals surface area contributed by atoms with Gasteiger partial charge >= 0.3 is 0 Å². The number of hydrogen-bond acceptors (Lipinski definition) is 5. The van der Waals surface area contributed by atoms with Gasteiger partial charge in [-0.3, -0.25) is 4.90 Å². The summed E-state index contributed by atoms with van der Waals surface area (Å²) in [7, 11) is 2.18. The zero-order valence-corrected chi connectivity index (χ0v) is 10.8. The van der Waals surface area contributed by atoms with Crippen LogP contribution >= 0.6 is 11.3 Å². The summed E-state index contributed by atoms with van der Waals surface area (Å²) in [6, 6.07) is 0.0532. The predicted octanol–water partition coefficient (Wildman–Crippen LogP) is 0.910. The fourth-order valence-electron chi connectivity index (χ4n) is 1.80. The quantitative estimate of drug-likeness (QED) is 0.853. The average molecular weight is 240 g/mol. The van der Waals surface area contributed by atoms with Crippen LogP contribution in [0.3, 0.4) is 0 Å². The van der Waals surface area contributed by atoms with E-state index in [1.165, 1.54) is 5.01 Å². The highest BCUT2D eigenvalue weighted by molar-refractivity contribution is 7.09. The molecule has 1 saturated heterocycles. The topological polar surface area (TPSA) is 45.4 Å². The maximum absolute atomic E-state index is 5.80. The highest BCUT2D eigenvalue weighted by Crippen LogP contribution is 2.17. The van der Waals surface area contributed by atoms with E-state index in [0.29, 0.717) is 0 Å². The van der Waals surface area contributed by atoms with Crippen molar-refractivity contribution < 1.29 is 0 Å². The van der Waals surface area contributed by atoms with Gasteiger partial charge in [-0.15, -0.1) is 11.3 Å². The smallest absolute Gasteiger partial charge is 0.107 e. The lowest BCUT2D eigenvalue weighted by molar-refractivity contribution is 0.148. The lowest BCUT2D eigenvalue weighted by Gasteiger charge is -2.31. The first kappa shape index (κ1) is 12.0. The van der Waals surface area contributed by atoms with E-state index in [0.717, 1.165) is 38.4 Å². The molecule has 1 fully saturated rings. The Bertz CT molecular complexity index is 328. The number of nitrogens with two attached hydrogens (primary N) is 1. The molecule has 0 aliphatic carbocycles. The predicted molar refractivity (Wildman–Crippen MR) is 67.5 cm³/mol. The maximum Gasteiger partial charge on any atom is 0.107 e. The van der Waals surface area contributed by atoms with Gasteiger partial charge in [0.15, 0.2) is 0 Å². The van der Waals surface area contributed by atoms with Crippen LogP contribution in [0.25, 0.3) is 0 Å². The third-order valence-corrected chi connectivity index (χ3v) is 3.84. The van der Waals surface area contributed by atoms with E-state index < -0.39 is 0 Å². The van der Waals surface area contributed by atoms with E-state index in [4.69, 9.17) is 5.73 Å². The highest BCUT2D eigenvalue weighted by Gasteiger charge is 2.15. The molecular formula is C11H20N4S. The maximum atomic E-state index is 5.80. The standard InChI is InChI=1S/C11H20N4S/c1-9(12)10-8-16-11(13-10)7-15-5-3-14(2)4-6-15/h8-9H,3-7,12H2,1-2H3. The summed E-state index contributed by atoms with van der Waals surface area (Å²) in [5.41, 5.74) is 6.82. The van der Waals surface area contributed by atoms with E-state index in [9.17, 15) is 0 Å². The molecule has 2 rings (SSSR count). The van der Waals surface area contributed by atoms with Crippen LogP contribution in [-0.4, -0.2) is 48.0 Å². The van der Waals surface area contributed by atoms with Crippen LogP contribution in [0.2, 0.25) is 0 Å². The van der Waals surface area contributed by atoms with Crippen molar-refractivity contribution in [1.82, 2.24) is 14.8 Å². The Morgan fingerprint density at radius 2 is 2.12 bits per heavy atom. The van der Waals surface area contributed by atoms with Gasteiger partial charge in [0.2, 0.25) is 0 Å². The van der Waals surface area contributed by atoms with Gasteiger partial charge in [0.1, 0.15) is 5.01 Å². The molecule has 0 bridgehead atoms. The number of piperazine rings is 1. The van der Waals surface area contributed by atoms with Crippen molar-refractivity contribution in [2.75, 3.05) is 33.2 Å². The Morgan fingerprint density at radius 3 is 2.69 bits per heavy atom. The second-order valence-corrected chi connectivity index (χ2v) is 5.48. The summed E-state index contributed by atoms with van der Waals surface area (Å²) >= 11 is 1.73. The number of hydrogen-bond donors (Lipinski definition) is 1. The van der Waals surface area contributed by atoms with Gasteiger partial charge in [0, 0.05) is 37.6 Å². The lowest BCUT2D eigenvalue weighted by Crippen LogP contribution is -2.43. The van der Waals surface area contributed by atoms with Crippen LogP contribution in [0.1, 0.15) is 23.7 Å². The third-order valence-electron chi connectivity index (χ3n) is 2.99.